The summed E-state index contributed by atoms with van der Waals surface area (Å²) in [6, 6.07) is 0.647. The summed E-state index contributed by atoms with van der Waals surface area (Å²) in [5.41, 5.74) is 0. The Kier molecular flexibility index (Phi) is 6.56. The van der Waals surface area contributed by atoms with Crippen LogP contribution >= 0.6 is 0 Å². The number of nitrogens with zero attached hydrogens (tertiary/aromatic N) is 1. The molecule has 1 unspecified atom stereocenters. The lowest BCUT2D eigenvalue weighted by atomic mass is 9.90. The van der Waals surface area contributed by atoms with E-state index in [1.54, 1.807) is 11.9 Å². The van der Waals surface area contributed by atoms with Gasteiger partial charge in [-0.05, 0) is 45.7 Å². The molecule has 1 atom stereocenters. The third kappa shape index (κ3) is 5.67. The van der Waals surface area contributed by atoms with Crippen LogP contribution in [0.4, 0.5) is 13.2 Å². The molecule has 0 aromatic rings. The van der Waals surface area contributed by atoms with Crippen molar-refractivity contribution in [2.24, 2.45) is 0 Å². The lowest BCUT2D eigenvalue weighted by Crippen LogP contribution is -2.46. The summed E-state index contributed by atoms with van der Waals surface area (Å²) >= 11 is 0. The normalized spacial score (nSPS) is 26.7. The molecular weight excluding hydrogens is 257 g/mol. The molecular formula is C13H25F3N2O. The molecule has 0 radical (unpaired) electrons. The van der Waals surface area contributed by atoms with Gasteiger partial charge >= 0.3 is 6.18 Å². The van der Waals surface area contributed by atoms with Crippen LogP contribution in [0.15, 0.2) is 0 Å². The number of rotatable bonds is 6. The maximum absolute atomic E-state index is 12.3. The largest absolute Gasteiger partial charge is 0.415 e. The molecule has 2 N–H and O–H groups in total. The fourth-order valence-corrected chi connectivity index (χ4v) is 2.59. The number of hydrogen-bond acceptors (Lipinski definition) is 3. The first kappa shape index (κ1) is 16.7. The van der Waals surface area contributed by atoms with Crippen LogP contribution in [0.25, 0.3) is 0 Å². The SMILES string of the molecule is CCCNC1CCC(N(C)CC(O)C(F)(F)F)CC1. The summed E-state index contributed by atoms with van der Waals surface area (Å²) in [6.45, 7) is 2.78. The highest BCUT2D eigenvalue weighted by molar-refractivity contribution is 4.83. The molecule has 19 heavy (non-hydrogen) atoms. The molecule has 0 aromatic carbocycles. The van der Waals surface area contributed by atoms with E-state index in [2.05, 4.69) is 12.2 Å². The highest BCUT2D eigenvalue weighted by Crippen LogP contribution is 2.25. The van der Waals surface area contributed by atoms with Crippen LogP contribution in [0.5, 0.6) is 0 Å². The minimum Gasteiger partial charge on any atom is -0.382 e. The van der Waals surface area contributed by atoms with Gasteiger partial charge in [-0.15, -0.1) is 0 Å². The second kappa shape index (κ2) is 7.45. The van der Waals surface area contributed by atoms with Gasteiger partial charge in [0, 0.05) is 18.6 Å². The van der Waals surface area contributed by atoms with E-state index < -0.39 is 12.3 Å². The van der Waals surface area contributed by atoms with Crippen molar-refractivity contribution >= 4 is 0 Å². The fourth-order valence-electron chi connectivity index (χ4n) is 2.59. The van der Waals surface area contributed by atoms with Crippen molar-refractivity contribution in [2.75, 3.05) is 20.1 Å². The molecule has 0 aliphatic heterocycles. The van der Waals surface area contributed by atoms with Crippen molar-refractivity contribution in [3.8, 4) is 0 Å². The van der Waals surface area contributed by atoms with Crippen LogP contribution in [0.3, 0.4) is 0 Å². The molecule has 1 fully saturated rings. The van der Waals surface area contributed by atoms with Crippen molar-refractivity contribution in [1.82, 2.24) is 10.2 Å². The second-order valence-electron chi connectivity index (χ2n) is 5.46. The average Bonchev–Trinajstić information content (AvgIpc) is 2.35. The molecule has 0 amide bonds. The minimum atomic E-state index is -4.52. The van der Waals surface area contributed by atoms with E-state index >= 15 is 0 Å². The molecule has 3 nitrogen and oxygen atoms in total. The first-order valence-corrected chi connectivity index (χ1v) is 7.03. The van der Waals surface area contributed by atoms with Crippen LogP contribution in [0, 0.1) is 0 Å². The fraction of sp³-hybridized carbons (Fsp3) is 1.00. The Bertz CT molecular complexity index is 253. The van der Waals surface area contributed by atoms with E-state index in [1.165, 1.54) is 0 Å². The number of nitrogens with one attached hydrogen (secondary N) is 1. The lowest BCUT2D eigenvalue weighted by molar-refractivity contribution is -0.208. The van der Waals surface area contributed by atoms with Crippen LogP contribution in [-0.4, -0.2) is 54.5 Å². The smallest absolute Gasteiger partial charge is 0.382 e. The van der Waals surface area contributed by atoms with Crippen molar-refractivity contribution in [3.63, 3.8) is 0 Å². The van der Waals surface area contributed by atoms with Crippen molar-refractivity contribution in [2.45, 2.75) is 63.4 Å². The predicted octanol–water partition coefficient (Wildman–Crippen LogP) is 2.15. The molecule has 1 aliphatic carbocycles. The highest BCUT2D eigenvalue weighted by atomic mass is 19.4. The van der Waals surface area contributed by atoms with E-state index in [4.69, 9.17) is 5.11 Å². The molecule has 0 heterocycles. The van der Waals surface area contributed by atoms with Crippen LogP contribution in [0.2, 0.25) is 0 Å². The molecule has 114 valence electrons. The second-order valence-corrected chi connectivity index (χ2v) is 5.46. The maximum Gasteiger partial charge on any atom is 0.415 e. The van der Waals surface area contributed by atoms with Gasteiger partial charge in [0.05, 0.1) is 0 Å². The van der Waals surface area contributed by atoms with Gasteiger partial charge in [0.15, 0.2) is 6.10 Å². The van der Waals surface area contributed by atoms with E-state index in [9.17, 15) is 13.2 Å². The Morgan fingerprint density at radius 2 is 1.84 bits per heavy atom. The summed E-state index contributed by atoms with van der Waals surface area (Å²) in [6.07, 6.45) is -1.89. The summed E-state index contributed by atoms with van der Waals surface area (Å²) in [5.74, 6) is 0. The Morgan fingerprint density at radius 1 is 1.26 bits per heavy atom. The summed E-state index contributed by atoms with van der Waals surface area (Å²) in [5, 5.41) is 12.5. The third-order valence-electron chi connectivity index (χ3n) is 3.84. The molecule has 1 aliphatic rings. The molecule has 6 heteroatoms. The van der Waals surface area contributed by atoms with E-state index in [1.807, 2.05) is 0 Å². The molecule has 1 rings (SSSR count). The van der Waals surface area contributed by atoms with Crippen molar-refractivity contribution in [1.29, 1.82) is 0 Å². The van der Waals surface area contributed by atoms with Crippen molar-refractivity contribution in [3.05, 3.63) is 0 Å². The summed E-state index contributed by atoms with van der Waals surface area (Å²) < 4.78 is 36.9. The van der Waals surface area contributed by atoms with Gasteiger partial charge in [-0.25, -0.2) is 0 Å². The highest BCUT2D eigenvalue weighted by Gasteiger charge is 2.39. The number of aliphatic hydroxyl groups excluding tert-OH is 1. The summed E-state index contributed by atoms with van der Waals surface area (Å²) in [4.78, 5) is 1.65. The van der Waals surface area contributed by atoms with Gasteiger partial charge in [0.1, 0.15) is 0 Å². The lowest BCUT2D eigenvalue weighted by Gasteiger charge is -2.36. The average molecular weight is 282 g/mol. The quantitative estimate of drug-likeness (QED) is 0.783. The topological polar surface area (TPSA) is 35.5 Å². The van der Waals surface area contributed by atoms with E-state index in [0.29, 0.717) is 6.04 Å². The number of halogens is 3. The first-order valence-electron chi connectivity index (χ1n) is 7.03. The number of hydrogen-bond donors (Lipinski definition) is 2. The van der Waals surface area contributed by atoms with Crippen LogP contribution in [-0.2, 0) is 0 Å². The number of likely N-dealkylation sites (N-methyl/N-ethyl adjacent to an activating group) is 1. The minimum absolute atomic E-state index is 0.150. The summed E-state index contributed by atoms with van der Waals surface area (Å²) in [7, 11) is 1.67. The molecule has 0 aromatic heterocycles. The zero-order chi connectivity index (χ0) is 14.5. The van der Waals surface area contributed by atoms with E-state index in [-0.39, 0.29) is 12.6 Å². The molecule has 0 bridgehead atoms. The number of aliphatic hydroxyl groups is 1. The van der Waals surface area contributed by atoms with Crippen LogP contribution in [0.1, 0.15) is 39.0 Å². The van der Waals surface area contributed by atoms with E-state index in [0.717, 1.165) is 38.6 Å². The Labute approximate surface area is 113 Å². The zero-order valence-electron chi connectivity index (χ0n) is 11.7. The molecule has 0 spiro atoms. The number of alkyl halides is 3. The maximum atomic E-state index is 12.3. The monoisotopic (exact) mass is 282 g/mol. The Morgan fingerprint density at radius 3 is 2.32 bits per heavy atom. The Balaban J connectivity index is 2.30. The third-order valence-corrected chi connectivity index (χ3v) is 3.84. The molecule has 0 saturated heterocycles. The van der Waals surface area contributed by atoms with Gasteiger partial charge < -0.3 is 15.3 Å². The Hall–Kier alpha value is -0.330. The zero-order valence-corrected chi connectivity index (χ0v) is 11.7. The van der Waals surface area contributed by atoms with Crippen LogP contribution < -0.4 is 5.32 Å². The standard InChI is InChI=1S/C13H25F3N2O/c1-3-8-17-10-4-6-11(7-5-10)18(2)9-12(19)13(14,15)16/h10-12,17,19H,3-9H2,1-2H3. The van der Waals surface area contributed by atoms with Gasteiger partial charge in [-0.2, -0.15) is 13.2 Å². The van der Waals surface area contributed by atoms with Gasteiger partial charge in [0.2, 0.25) is 0 Å². The molecule has 1 saturated carbocycles. The van der Waals surface area contributed by atoms with Gasteiger partial charge in [-0.3, -0.25) is 0 Å². The van der Waals surface area contributed by atoms with Crippen molar-refractivity contribution < 1.29 is 18.3 Å². The van der Waals surface area contributed by atoms with Gasteiger partial charge in [0.25, 0.3) is 0 Å². The van der Waals surface area contributed by atoms with Gasteiger partial charge in [-0.1, -0.05) is 6.92 Å². The predicted molar refractivity (Wildman–Crippen MR) is 69.0 cm³/mol. The first-order chi connectivity index (χ1) is 8.84.